The van der Waals surface area contributed by atoms with E-state index in [1.165, 1.54) is 24.4 Å². The van der Waals surface area contributed by atoms with Gasteiger partial charge in [0.1, 0.15) is 5.65 Å². The fourth-order valence-corrected chi connectivity index (χ4v) is 4.40. The minimum Gasteiger partial charge on any atom is -0.346 e. The van der Waals surface area contributed by atoms with Crippen LogP contribution in [0.5, 0.6) is 0 Å². The lowest BCUT2D eigenvalue weighted by atomic mass is 10.0. The molecular weight excluding hydrogens is 507 g/mol. The standard InChI is InChI=1S/C29H28F3N5O2/c1-36(2)9-3-4-26(38)35-23-11-20(10-22(13-23)29(30,31)32)21-12-24-25(15-34-28(24)33-14-21)19-7-8-27(39)37(17-19)16-18-5-6-18/h3-4,7-8,10-15,17-18H,5-6,9,16H2,1-2H3,(H,33,34)(H,35,38)/b4-3+. The molecule has 202 valence electrons. The largest absolute Gasteiger partial charge is 0.416 e. The first-order chi connectivity index (χ1) is 18.6. The van der Waals surface area contributed by atoms with Gasteiger partial charge in [-0.15, -0.1) is 0 Å². The van der Waals surface area contributed by atoms with E-state index in [0.29, 0.717) is 35.6 Å². The molecule has 2 N–H and O–H groups in total. The average Bonchev–Trinajstić information content (AvgIpc) is 3.59. The average molecular weight is 536 g/mol. The Bertz CT molecular complexity index is 1610. The SMILES string of the molecule is CN(C)C/C=C/C(=O)Nc1cc(-c2cnc3[nH]cc(-c4ccc(=O)n(CC5CC5)c4)c3c2)cc(C(F)(F)F)c1. The molecule has 7 nitrogen and oxygen atoms in total. The number of fused-ring (bicyclic) bond motifs is 1. The summed E-state index contributed by atoms with van der Waals surface area (Å²) in [5.74, 6) is -0.00166. The number of benzene rings is 1. The number of likely N-dealkylation sites (N-methyl/N-ethyl adjacent to an activating group) is 1. The number of carbonyl (C=O) groups excluding carboxylic acids is 1. The zero-order chi connectivity index (χ0) is 27.7. The maximum atomic E-state index is 13.8. The molecule has 1 amide bonds. The highest BCUT2D eigenvalue weighted by molar-refractivity contribution is 6.00. The molecule has 10 heteroatoms. The Hall–Kier alpha value is -4.18. The van der Waals surface area contributed by atoms with Gasteiger partial charge in [-0.25, -0.2) is 4.98 Å². The van der Waals surface area contributed by atoms with Crippen molar-refractivity contribution in [1.29, 1.82) is 0 Å². The zero-order valence-electron chi connectivity index (χ0n) is 21.5. The number of H-pyrrole nitrogens is 1. The van der Waals surface area contributed by atoms with Gasteiger partial charge in [0.25, 0.3) is 5.56 Å². The summed E-state index contributed by atoms with van der Waals surface area (Å²) in [4.78, 5) is 34.1. The number of pyridine rings is 2. The van der Waals surface area contributed by atoms with E-state index in [2.05, 4.69) is 15.3 Å². The fourth-order valence-electron chi connectivity index (χ4n) is 4.40. The minimum absolute atomic E-state index is 0.0286. The van der Waals surface area contributed by atoms with E-state index in [4.69, 9.17) is 0 Å². The lowest BCUT2D eigenvalue weighted by molar-refractivity contribution is -0.137. The summed E-state index contributed by atoms with van der Waals surface area (Å²) < 4.78 is 43.0. The Balaban J connectivity index is 1.52. The Labute approximate surface area is 223 Å². The van der Waals surface area contributed by atoms with Crippen molar-refractivity contribution in [3.63, 3.8) is 0 Å². The van der Waals surface area contributed by atoms with Crippen molar-refractivity contribution in [1.82, 2.24) is 19.4 Å². The van der Waals surface area contributed by atoms with Crippen LogP contribution in [0.4, 0.5) is 18.9 Å². The van der Waals surface area contributed by atoms with Gasteiger partial charge < -0.3 is 19.8 Å². The van der Waals surface area contributed by atoms with Crippen molar-refractivity contribution in [2.45, 2.75) is 25.6 Å². The van der Waals surface area contributed by atoms with Crippen molar-refractivity contribution in [2.75, 3.05) is 26.0 Å². The molecule has 4 aromatic rings. The maximum absolute atomic E-state index is 13.8. The molecule has 1 saturated carbocycles. The number of nitrogens with zero attached hydrogens (tertiary/aromatic N) is 3. The third-order valence-corrected chi connectivity index (χ3v) is 6.58. The predicted octanol–water partition coefficient (Wildman–Crippen LogP) is 5.54. The summed E-state index contributed by atoms with van der Waals surface area (Å²) in [5, 5.41) is 3.24. The van der Waals surface area contributed by atoms with Crippen LogP contribution in [-0.2, 0) is 17.5 Å². The Morgan fingerprint density at radius 3 is 2.67 bits per heavy atom. The third-order valence-electron chi connectivity index (χ3n) is 6.58. The fraction of sp³-hybridized carbons (Fsp3) is 0.276. The molecule has 0 spiro atoms. The summed E-state index contributed by atoms with van der Waals surface area (Å²) in [6.45, 7) is 1.19. The number of nitrogens with one attached hydrogen (secondary N) is 2. The lowest BCUT2D eigenvalue weighted by Gasteiger charge is -2.13. The summed E-state index contributed by atoms with van der Waals surface area (Å²) in [7, 11) is 3.68. The highest BCUT2D eigenvalue weighted by Crippen LogP contribution is 2.37. The number of hydrogen-bond acceptors (Lipinski definition) is 4. The normalized spacial score (nSPS) is 14.0. The molecule has 1 aromatic carbocycles. The van der Waals surface area contributed by atoms with Gasteiger partial charge in [0.15, 0.2) is 0 Å². The highest BCUT2D eigenvalue weighted by Gasteiger charge is 2.31. The van der Waals surface area contributed by atoms with E-state index in [0.717, 1.165) is 36.1 Å². The van der Waals surface area contributed by atoms with Crippen molar-refractivity contribution in [3.8, 4) is 22.3 Å². The van der Waals surface area contributed by atoms with Crippen LogP contribution in [0.3, 0.4) is 0 Å². The van der Waals surface area contributed by atoms with Crippen LogP contribution in [0, 0.1) is 5.92 Å². The molecule has 0 saturated heterocycles. The van der Waals surface area contributed by atoms with Crippen LogP contribution < -0.4 is 10.9 Å². The van der Waals surface area contributed by atoms with Crippen LogP contribution in [0.1, 0.15) is 18.4 Å². The Morgan fingerprint density at radius 1 is 1.15 bits per heavy atom. The molecule has 0 radical (unpaired) electrons. The first-order valence-electron chi connectivity index (χ1n) is 12.6. The van der Waals surface area contributed by atoms with E-state index >= 15 is 0 Å². The molecule has 0 aliphatic heterocycles. The zero-order valence-corrected chi connectivity index (χ0v) is 21.5. The topological polar surface area (TPSA) is 83.0 Å². The third kappa shape index (κ3) is 6.28. The van der Waals surface area contributed by atoms with E-state index < -0.39 is 17.6 Å². The molecule has 39 heavy (non-hydrogen) atoms. The maximum Gasteiger partial charge on any atom is 0.416 e. The number of aromatic amines is 1. The Kier molecular flexibility index (Phi) is 7.14. The van der Waals surface area contributed by atoms with Gasteiger partial charge in [-0.1, -0.05) is 6.08 Å². The van der Waals surface area contributed by atoms with Crippen molar-refractivity contribution in [3.05, 3.63) is 83.1 Å². The number of rotatable bonds is 8. The van der Waals surface area contributed by atoms with Crippen LogP contribution in [0.15, 0.2) is 71.9 Å². The van der Waals surface area contributed by atoms with Gasteiger partial charge in [-0.05, 0) is 68.8 Å². The predicted molar refractivity (Wildman–Crippen MR) is 145 cm³/mol. The molecule has 1 aliphatic rings. The molecule has 0 atom stereocenters. The smallest absolute Gasteiger partial charge is 0.346 e. The number of carbonyl (C=O) groups is 1. The van der Waals surface area contributed by atoms with E-state index in [9.17, 15) is 22.8 Å². The van der Waals surface area contributed by atoms with Gasteiger partial charge in [0.05, 0.1) is 5.56 Å². The first kappa shape index (κ1) is 26.4. The van der Waals surface area contributed by atoms with Gasteiger partial charge in [0.2, 0.25) is 5.91 Å². The Morgan fingerprint density at radius 2 is 1.95 bits per heavy atom. The monoisotopic (exact) mass is 535 g/mol. The van der Waals surface area contributed by atoms with Gasteiger partial charge in [0, 0.05) is 71.6 Å². The lowest BCUT2D eigenvalue weighted by Crippen LogP contribution is -2.19. The molecule has 1 aliphatic carbocycles. The first-order valence-corrected chi connectivity index (χ1v) is 12.6. The molecule has 0 unspecified atom stereocenters. The number of alkyl halides is 3. The van der Waals surface area contributed by atoms with Crippen LogP contribution in [0.2, 0.25) is 0 Å². The second kappa shape index (κ2) is 10.5. The summed E-state index contributed by atoms with van der Waals surface area (Å²) in [5.41, 5.74) is 1.96. The van der Waals surface area contributed by atoms with E-state index in [1.807, 2.05) is 25.2 Å². The molecule has 3 aromatic heterocycles. The summed E-state index contributed by atoms with van der Waals surface area (Å²) in [6, 6.07) is 8.49. The molecule has 5 rings (SSSR count). The summed E-state index contributed by atoms with van der Waals surface area (Å²) in [6.07, 6.45) is 5.63. The second-order valence-electron chi connectivity index (χ2n) is 10.1. The van der Waals surface area contributed by atoms with Gasteiger partial charge in [-0.2, -0.15) is 13.2 Å². The number of hydrogen-bond donors (Lipinski definition) is 2. The number of amides is 1. The van der Waals surface area contributed by atoms with Gasteiger partial charge in [-0.3, -0.25) is 9.59 Å². The van der Waals surface area contributed by atoms with Crippen LogP contribution in [0.25, 0.3) is 33.3 Å². The molecule has 1 fully saturated rings. The van der Waals surface area contributed by atoms with E-state index in [1.54, 1.807) is 29.0 Å². The molecule has 3 heterocycles. The van der Waals surface area contributed by atoms with Crippen LogP contribution in [-0.4, -0.2) is 46.0 Å². The van der Waals surface area contributed by atoms with Crippen LogP contribution >= 0.6 is 0 Å². The molecule has 0 bridgehead atoms. The second-order valence-corrected chi connectivity index (χ2v) is 10.1. The summed E-state index contributed by atoms with van der Waals surface area (Å²) >= 11 is 0. The quantitative estimate of drug-likeness (QED) is 0.290. The highest BCUT2D eigenvalue weighted by atomic mass is 19.4. The van der Waals surface area contributed by atoms with Gasteiger partial charge >= 0.3 is 6.18 Å². The number of halogens is 3. The number of aromatic nitrogens is 3. The van der Waals surface area contributed by atoms with E-state index in [-0.39, 0.29) is 16.8 Å². The van der Waals surface area contributed by atoms with Crippen molar-refractivity contribution < 1.29 is 18.0 Å². The van der Waals surface area contributed by atoms with Crippen molar-refractivity contribution >= 4 is 22.6 Å². The van der Waals surface area contributed by atoms with Crippen molar-refractivity contribution in [2.24, 2.45) is 5.92 Å². The minimum atomic E-state index is -4.61. The molecular formula is C29H28F3N5O2. The number of anilines is 1.